The summed E-state index contributed by atoms with van der Waals surface area (Å²) in [6.07, 6.45) is 0. The maximum absolute atomic E-state index is 13.4. The molecule has 0 saturated carbocycles. The molecule has 10 heteroatoms. The highest BCUT2D eigenvalue weighted by molar-refractivity contribution is 7.18. The molecule has 0 radical (unpaired) electrons. The lowest BCUT2D eigenvalue weighted by molar-refractivity contribution is 0.0606. The second-order valence-corrected chi connectivity index (χ2v) is 5.77. The molecular weight excluding hydrogens is 364 g/mol. The molecule has 0 aliphatic heterocycles. The SMILES string of the molecule is COC(=O)c1sc(NCCNC(=O)c2c(F)cccc2F)nc1Cl. The van der Waals surface area contributed by atoms with Gasteiger partial charge >= 0.3 is 5.97 Å². The molecule has 1 aromatic carbocycles. The fraction of sp³-hybridized carbons (Fsp3) is 0.214. The van der Waals surface area contributed by atoms with Crippen LogP contribution in [0.4, 0.5) is 13.9 Å². The van der Waals surface area contributed by atoms with Crippen LogP contribution >= 0.6 is 22.9 Å². The number of amides is 1. The van der Waals surface area contributed by atoms with Gasteiger partial charge in [0, 0.05) is 13.1 Å². The summed E-state index contributed by atoms with van der Waals surface area (Å²) >= 11 is 6.79. The number of carbonyl (C=O) groups excluding carboxylic acids is 2. The number of halogens is 3. The number of hydrogen-bond donors (Lipinski definition) is 2. The summed E-state index contributed by atoms with van der Waals surface area (Å²) in [6, 6.07) is 3.18. The zero-order valence-corrected chi connectivity index (χ0v) is 13.9. The van der Waals surface area contributed by atoms with E-state index in [0.717, 1.165) is 23.5 Å². The fourth-order valence-corrected chi connectivity index (χ4v) is 2.87. The molecule has 0 bridgehead atoms. The van der Waals surface area contributed by atoms with Crippen LogP contribution in [-0.2, 0) is 4.74 Å². The summed E-state index contributed by atoms with van der Waals surface area (Å²) in [5.74, 6) is -3.33. The highest BCUT2D eigenvalue weighted by atomic mass is 35.5. The van der Waals surface area contributed by atoms with Crippen molar-refractivity contribution in [3.63, 3.8) is 0 Å². The van der Waals surface area contributed by atoms with E-state index in [-0.39, 0.29) is 23.1 Å². The summed E-state index contributed by atoms with van der Waals surface area (Å²) in [5, 5.41) is 5.57. The molecule has 0 saturated heterocycles. The summed E-state index contributed by atoms with van der Waals surface area (Å²) in [6.45, 7) is 0.295. The number of benzene rings is 1. The number of hydrogen-bond acceptors (Lipinski definition) is 6. The largest absolute Gasteiger partial charge is 0.465 e. The normalized spacial score (nSPS) is 10.3. The lowest BCUT2D eigenvalue weighted by Crippen LogP contribution is -2.30. The zero-order valence-electron chi connectivity index (χ0n) is 12.4. The molecule has 6 nitrogen and oxygen atoms in total. The Morgan fingerprint density at radius 3 is 2.58 bits per heavy atom. The van der Waals surface area contributed by atoms with E-state index in [2.05, 4.69) is 20.4 Å². The van der Waals surface area contributed by atoms with Gasteiger partial charge < -0.3 is 15.4 Å². The lowest BCUT2D eigenvalue weighted by Gasteiger charge is -2.07. The van der Waals surface area contributed by atoms with E-state index in [1.807, 2.05) is 0 Å². The van der Waals surface area contributed by atoms with Crippen molar-refractivity contribution in [2.24, 2.45) is 0 Å². The first-order chi connectivity index (χ1) is 11.4. The van der Waals surface area contributed by atoms with Crippen LogP contribution in [0, 0.1) is 11.6 Å². The maximum Gasteiger partial charge on any atom is 0.351 e. The van der Waals surface area contributed by atoms with Crippen molar-refractivity contribution in [2.75, 3.05) is 25.5 Å². The van der Waals surface area contributed by atoms with Crippen molar-refractivity contribution in [1.82, 2.24) is 10.3 Å². The average molecular weight is 376 g/mol. The molecule has 1 aromatic heterocycles. The predicted molar refractivity (Wildman–Crippen MR) is 85.6 cm³/mol. The third-order valence-corrected chi connectivity index (χ3v) is 4.21. The summed E-state index contributed by atoms with van der Waals surface area (Å²) in [4.78, 5) is 27.2. The van der Waals surface area contributed by atoms with E-state index in [4.69, 9.17) is 11.6 Å². The molecule has 1 heterocycles. The third kappa shape index (κ3) is 4.18. The van der Waals surface area contributed by atoms with Crippen LogP contribution in [0.15, 0.2) is 18.2 Å². The Balaban J connectivity index is 1.87. The lowest BCUT2D eigenvalue weighted by atomic mass is 10.2. The predicted octanol–water partition coefficient (Wildman–Crippen LogP) is 2.70. The first kappa shape index (κ1) is 18.1. The monoisotopic (exact) mass is 375 g/mol. The highest BCUT2D eigenvalue weighted by Crippen LogP contribution is 2.27. The molecule has 24 heavy (non-hydrogen) atoms. The second-order valence-electron chi connectivity index (χ2n) is 4.41. The quantitative estimate of drug-likeness (QED) is 0.599. The van der Waals surface area contributed by atoms with Gasteiger partial charge in [0.1, 0.15) is 17.2 Å². The smallest absolute Gasteiger partial charge is 0.351 e. The molecule has 0 aliphatic rings. The third-order valence-electron chi connectivity index (χ3n) is 2.83. The number of carbonyl (C=O) groups is 2. The number of esters is 1. The van der Waals surface area contributed by atoms with Crippen LogP contribution in [-0.4, -0.2) is 37.1 Å². The van der Waals surface area contributed by atoms with E-state index >= 15 is 0 Å². The Bertz CT molecular complexity index is 749. The maximum atomic E-state index is 13.4. The second kappa shape index (κ2) is 8.02. The van der Waals surface area contributed by atoms with Gasteiger partial charge in [0.05, 0.1) is 7.11 Å². The Labute approximate surface area is 144 Å². The molecule has 2 aromatic rings. The number of nitrogens with one attached hydrogen (secondary N) is 2. The van der Waals surface area contributed by atoms with Gasteiger partial charge in [0.2, 0.25) is 0 Å². The van der Waals surface area contributed by atoms with Crippen molar-refractivity contribution in [3.05, 3.63) is 45.4 Å². The molecule has 1 amide bonds. The van der Waals surface area contributed by atoms with E-state index in [1.165, 1.54) is 13.2 Å². The van der Waals surface area contributed by atoms with Gasteiger partial charge in [-0.2, -0.15) is 0 Å². The summed E-state index contributed by atoms with van der Waals surface area (Å²) < 4.78 is 31.4. The van der Waals surface area contributed by atoms with Crippen LogP contribution < -0.4 is 10.6 Å². The molecule has 2 N–H and O–H groups in total. The number of aromatic nitrogens is 1. The van der Waals surface area contributed by atoms with Crippen LogP contribution in [0.2, 0.25) is 5.15 Å². The number of thiazole rings is 1. The topological polar surface area (TPSA) is 80.3 Å². The number of nitrogens with zero attached hydrogens (tertiary/aromatic N) is 1. The van der Waals surface area contributed by atoms with E-state index in [1.54, 1.807) is 0 Å². The molecular formula is C14H12ClF2N3O3S. The highest BCUT2D eigenvalue weighted by Gasteiger charge is 2.18. The Hall–Kier alpha value is -2.26. The first-order valence-corrected chi connectivity index (χ1v) is 7.84. The molecule has 0 aliphatic carbocycles. The van der Waals surface area contributed by atoms with Crippen molar-refractivity contribution in [2.45, 2.75) is 0 Å². The van der Waals surface area contributed by atoms with Gasteiger partial charge in [-0.3, -0.25) is 4.79 Å². The minimum absolute atomic E-state index is 0.00631. The van der Waals surface area contributed by atoms with Gasteiger partial charge in [0.15, 0.2) is 15.2 Å². The minimum atomic E-state index is -0.935. The van der Waals surface area contributed by atoms with E-state index in [0.29, 0.717) is 5.13 Å². The zero-order chi connectivity index (χ0) is 17.7. The average Bonchev–Trinajstić information content (AvgIpc) is 2.91. The van der Waals surface area contributed by atoms with Crippen LogP contribution in [0.25, 0.3) is 0 Å². The number of ether oxygens (including phenoxy) is 1. The Morgan fingerprint density at radius 1 is 1.29 bits per heavy atom. The van der Waals surface area contributed by atoms with Crippen molar-refractivity contribution >= 4 is 39.9 Å². The molecule has 0 fully saturated rings. The number of rotatable bonds is 6. The Morgan fingerprint density at radius 2 is 1.96 bits per heavy atom. The van der Waals surface area contributed by atoms with Crippen LogP contribution in [0.5, 0.6) is 0 Å². The number of anilines is 1. The van der Waals surface area contributed by atoms with E-state index in [9.17, 15) is 18.4 Å². The van der Waals surface area contributed by atoms with Gasteiger partial charge in [-0.15, -0.1) is 0 Å². The van der Waals surface area contributed by atoms with Crippen molar-refractivity contribution < 1.29 is 23.1 Å². The standard InChI is InChI=1S/C14H12ClF2N3O3S/c1-23-13(22)10-11(15)20-14(24-10)19-6-5-18-12(21)9-7(16)3-2-4-8(9)17/h2-4H,5-6H2,1H3,(H,18,21)(H,19,20). The van der Waals surface area contributed by atoms with Crippen LogP contribution in [0.3, 0.4) is 0 Å². The molecule has 2 rings (SSSR count). The molecule has 128 valence electrons. The molecule has 0 atom stereocenters. The van der Waals surface area contributed by atoms with Gasteiger partial charge in [-0.1, -0.05) is 29.0 Å². The molecule has 0 unspecified atom stereocenters. The molecule has 0 spiro atoms. The summed E-state index contributed by atoms with van der Waals surface area (Å²) in [5.41, 5.74) is -0.636. The fourth-order valence-electron chi connectivity index (χ4n) is 1.74. The van der Waals surface area contributed by atoms with Gasteiger partial charge in [-0.05, 0) is 12.1 Å². The summed E-state index contributed by atoms with van der Waals surface area (Å²) in [7, 11) is 1.23. The van der Waals surface area contributed by atoms with Crippen LogP contribution in [0.1, 0.15) is 20.0 Å². The first-order valence-electron chi connectivity index (χ1n) is 6.64. The Kier molecular flexibility index (Phi) is 6.04. The van der Waals surface area contributed by atoms with Crippen molar-refractivity contribution in [3.8, 4) is 0 Å². The van der Waals surface area contributed by atoms with Gasteiger partial charge in [-0.25, -0.2) is 18.6 Å². The van der Waals surface area contributed by atoms with Crippen molar-refractivity contribution in [1.29, 1.82) is 0 Å². The minimum Gasteiger partial charge on any atom is -0.465 e. The van der Waals surface area contributed by atoms with E-state index < -0.39 is 29.1 Å². The van der Waals surface area contributed by atoms with Gasteiger partial charge in [0.25, 0.3) is 5.91 Å². The number of methoxy groups -OCH3 is 1.